The molecule has 1 fully saturated rings. The molecule has 0 bridgehead atoms. The molecule has 0 saturated carbocycles. The summed E-state index contributed by atoms with van der Waals surface area (Å²) in [5.74, 6) is 0.269. The molecule has 1 aliphatic heterocycles. The summed E-state index contributed by atoms with van der Waals surface area (Å²) in [5.41, 5.74) is 2.72. The second-order valence-electron chi connectivity index (χ2n) is 9.16. The van der Waals surface area contributed by atoms with E-state index in [-0.39, 0.29) is 23.8 Å². The summed E-state index contributed by atoms with van der Waals surface area (Å²) in [6.45, 7) is 11.6. The van der Waals surface area contributed by atoms with Gasteiger partial charge in [-0.15, -0.1) is 11.3 Å². The van der Waals surface area contributed by atoms with E-state index < -0.39 is 0 Å². The number of carbonyl (C=O) groups excluding carboxylic acids is 2. The van der Waals surface area contributed by atoms with Gasteiger partial charge in [0.1, 0.15) is 0 Å². The van der Waals surface area contributed by atoms with E-state index in [9.17, 15) is 9.59 Å². The highest BCUT2D eigenvalue weighted by atomic mass is 32.1. The van der Waals surface area contributed by atoms with Crippen molar-refractivity contribution < 1.29 is 9.59 Å². The topological polar surface area (TPSA) is 74.3 Å². The molecule has 1 aromatic carbocycles. The van der Waals surface area contributed by atoms with Crippen LogP contribution in [0.3, 0.4) is 0 Å². The molecule has 7 heteroatoms. The fourth-order valence-corrected chi connectivity index (χ4v) is 4.15. The standard InChI is InChI=1S/C23H32N4O2S/c1-16-9-11-27(12-10-16)14-19-15-30-22(25-19)26-20(28)13-24-21(29)17-5-7-18(8-6-17)23(2,3)4/h5-8,15-16H,9-14H2,1-4H3,(H,24,29)(H,25,26,28). The fraction of sp³-hybridized carbons (Fsp3) is 0.522. The van der Waals surface area contributed by atoms with E-state index in [1.807, 2.05) is 17.5 Å². The minimum absolute atomic E-state index is 0.0356. The number of hydrogen-bond donors (Lipinski definition) is 2. The summed E-state index contributed by atoms with van der Waals surface area (Å²) < 4.78 is 0. The molecule has 2 aromatic rings. The van der Waals surface area contributed by atoms with Crippen molar-refractivity contribution in [3.8, 4) is 0 Å². The maximum Gasteiger partial charge on any atom is 0.251 e. The highest BCUT2D eigenvalue weighted by Gasteiger charge is 2.18. The number of benzene rings is 1. The molecule has 6 nitrogen and oxygen atoms in total. The normalized spacial score (nSPS) is 15.7. The van der Waals surface area contributed by atoms with Crippen molar-refractivity contribution in [1.82, 2.24) is 15.2 Å². The SMILES string of the molecule is CC1CCN(Cc2csc(NC(=O)CNC(=O)c3ccc(C(C)(C)C)cc3)n2)CC1. The minimum Gasteiger partial charge on any atom is -0.343 e. The Kier molecular flexibility index (Phi) is 7.26. The molecule has 2 amide bonds. The van der Waals surface area contributed by atoms with Crippen LogP contribution >= 0.6 is 11.3 Å². The van der Waals surface area contributed by atoms with E-state index in [2.05, 4.69) is 48.2 Å². The maximum absolute atomic E-state index is 12.3. The van der Waals surface area contributed by atoms with Crippen LogP contribution in [0.15, 0.2) is 29.6 Å². The summed E-state index contributed by atoms with van der Waals surface area (Å²) in [5, 5.41) is 8.01. The van der Waals surface area contributed by atoms with Gasteiger partial charge in [-0.3, -0.25) is 14.5 Å². The molecular weight excluding hydrogens is 396 g/mol. The number of hydrogen-bond acceptors (Lipinski definition) is 5. The van der Waals surface area contributed by atoms with E-state index >= 15 is 0 Å². The lowest BCUT2D eigenvalue weighted by molar-refractivity contribution is -0.115. The number of rotatable bonds is 6. The fourth-order valence-electron chi connectivity index (χ4n) is 3.43. The van der Waals surface area contributed by atoms with Gasteiger partial charge in [-0.1, -0.05) is 39.8 Å². The lowest BCUT2D eigenvalue weighted by atomic mass is 9.87. The first kappa shape index (κ1) is 22.4. The van der Waals surface area contributed by atoms with Gasteiger partial charge < -0.3 is 10.6 Å². The Morgan fingerprint density at radius 3 is 2.47 bits per heavy atom. The highest BCUT2D eigenvalue weighted by Crippen LogP contribution is 2.22. The van der Waals surface area contributed by atoms with Crippen LogP contribution in [-0.4, -0.2) is 41.3 Å². The molecule has 0 unspecified atom stereocenters. The lowest BCUT2D eigenvalue weighted by Crippen LogP contribution is -2.33. The molecule has 1 aliphatic rings. The third-order valence-corrected chi connectivity index (χ3v) is 6.29. The zero-order valence-electron chi connectivity index (χ0n) is 18.3. The number of likely N-dealkylation sites (tertiary alicyclic amines) is 1. The average Bonchev–Trinajstić information content (AvgIpc) is 3.14. The third-order valence-electron chi connectivity index (χ3n) is 5.48. The molecule has 1 aromatic heterocycles. The van der Waals surface area contributed by atoms with Gasteiger partial charge in [0, 0.05) is 17.5 Å². The van der Waals surface area contributed by atoms with Gasteiger partial charge in [0.2, 0.25) is 5.91 Å². The van der Waals surface area contributed by atoms with Crippen molar-refractivity contribution in [2.75, 3.05) is 25.0 Å². The van der Waals surface area contributed by atoms with E-state index in [4.69, 9.17) is 0 Å². The van der Waals surface area contributed by atoms with Crippen molar-refractivity contribution >= 4 is 28.3 Å². The highest BCUT2D eigenvalue weighted by molar-refractivity contribution is 7.13. The minimum atomic E-state index is -0.276. The molecule has 30 heavy (non-hydrogen) atoms. The van der Waals surface area contributed by atoms with Crippen LogP contribution in [0, 0.1) is 5.92 Å². The maximum atomic E-state index is 12.3. The molecule has 2 heterocycles. The summed E-state index contributed by atoms with van der Waals surface area (Å²) in [7, 11) is 0. The monoisotopic (exact) mass is 428 g/mol. The Balaban J connectivity index is 1.44. The van der Waals surface area contributed by atoms with E-state index in [1.54, 1.807) is 12.1 Å². The van der Waals surface area contributed by atoms with Gasteiger partial charge in [0.15, 0.2) is 5.13 Å². The van der Waals surface area contributed by atoms with Crippen LogP contribution in [0.2, 0.25) is 0 Å². The Labute approximate surface area is 183 Å². The molecule has 0 atom stereocenters. The average molecular weight is 429 g/mol. The summed E-state index contributed by atoms with van der Waals surface area (Å²) in [4.78, 5) is 31.4. The quantitative estimate of drug-likeness (QED) is 0.728. The number of nitrogens with zero attached hydrogens (tertiary/aromatic N) is 2. The Hall–Kier alpha value is -2.25. The van der Waals surface area contributed by atoms with E-state index in [1.165, 1.54) is 24.2 Å². The van der Waals surface area contributed by atoms with Gasteiger partial charge >= 0.3 is 0 Å². The van der Waals surface area contributed by atoms with E-state index in [0.29, 0.717) is 10.7 Å². The second kappa shape index (κ2) is 9.71. The predicted molar refractivity (Wildman–Crippen MR) is 122 cm³/mol. The smallest absolute Gasteiger partial charge is 0.251 e. The van der Waals surface area contributed by atoms with Gasteiger partial charge in [0.25, 0.3) is 5.91 Å². The lowest BCUT2D eigenvalue weighted by Gasteiger charge is -2.29. The molecule has 3 rings (SSSR count). The van der Waals surface area contributed by atoms with Crippen molar-refractivity contribution in [2.45, 2.75) is 52.5 Å². The number of amides is 2. The Morgan fingerprint density at radius 1 is 1.17 bits per heavy atom. The van der Waals surface area contributed by atoms with Gasteiger partial charge in [-0.25, -0.2) is 4.98 Å². The van der Waals surface area contributed by atoms with Crippen molar-refractivity contribution in [3.63, 3.8) is 0 Å². The summed E-state index contributed by atoms with van der Waals surface area (Å²) >= 11 is 1.42. The predicted octanol–water partition coefficient (Wildman–Crippen LogP) is 4.04. The van der Waals surface area contributed by atoms with Crippen LogP contribution in [0.4, 0.5) is 5.13 Å². The van der Waals surface area contributed by atoms with Gasteiger partial charge in [0.05, 0.1) is 12.2 Å². The molecule has 0 radical (unpaired) electrons. The molecule has 1 saturated heterocycles. The first-order chi connectivity index (χ1) is 14.2. The number of nitrogens with one attached hydrogen (secondary N) is 2. The van der Waals surface area contributed by atoms with Crippen LogP contribution in [0.1, 0.15) is 62.2 Å². The third kappa shape index (κ3) is 6.37. The van der Waals surface area contributed by atoms with Crippen molar-refractivity contribution in [1.29, 1.82) is 0 Å². The zero-order chi connectivity index (χ0) is 21.7. The largest absolute Gasteiger partial charge is 0.343 e. The molecule has 2 N–H and O–H groups in total. The van der Waals surface area contributed by atoms with Crippen LogP contribution in [0.25, 0.3) is 0 Å². The number of carbonyl (C=O) groups is 2. The van der Waals surface area contributed by atoms with Crippen LogP contribution < -0.4 is 10.6 Å². The summed E-state index contributed by atoms with van der Waals surface area (Å²) in [6.07, 6.45) is 2.46. The zero-order valence-corrected chi connectivity index (χ0v) is 19.1. The number of thiazole rings is 1. The molecule has 0 spiro atoms. The second-order valence-corrected chi connectivity index (χ2v) is 10.0. The van der Waals surface area contributed by atoms with Crippen LogP contribution in [0.5, 0.6) is 0 Å². The number of aromatic nitrogens is 1. The Morgan fingerprint density at radius 2 is 1.83 bits per heavy atom. The molecule has 162 valence electrons. The van der Waals surface area contributed by atoms with E-state index in [0.717, 1.165) is 36.8 Å². The number of anilines is 1. The van der Waals surface area contributed by atoms with Gasteiger partial charge in [-0.05, 0) is 55.0 Å². The van der Waals surface area contributed by atoms with Crippen molar-refractivity contribution in [2.24, 2.45) is 5.92 Å². The first-order valence-electron chi connectivity index (χ1n) is 10.6. The molecule has 0 aliphatic carbocycles. The molecular formula is C23H32N4O2S. The first-order valence-corrected chi connectivity index (χ1v) is 11.4. The van der Waals surface area contributed by atoms with Crippen LogP contribution in [-0.2, 0) is 16.8 Å². The van der Waals surface area contributed by atoms with Gasteiger partial charge in [-0.2, -0.15) is 0 Å². The van der Waals surface area contributed by atoms with Crippen molar-refractivity contribution in [3.05, 3.63) is 46.5 Å². The summed E-state index contributed by atoms with van der Waals surface area (Å²) in [6, 6.07) is 7.49. The number of piperidine rings is 1. The Bertz CT molecular complexity index is 862.